The van der Waals surface area contributed by atoms with Gasteiger partial charge in [-0.1, -0.05) is 6.07 Å². The second kappa shape index (κ2) is 7.21. The van der Waals surface area contributed by atoms with Crippen LogP contribution in [0.25, 0.3) is 0 Å². The van der Waals surface area contributed by atoms with Gasteiger partial charge in [0.25, 0.3) is 0 Å². The lowest BCUT2D eigenvalue weighted by molar-refractivity contribution is 0.0418. The molecule has 1 aromatic rings. The Hall–Kier alpha value is -1.17. The van der Waals surface area contributed by atoms with Crippen molar-refractivity contribution < 1.29 is 9.84 Å². The van der Waals surface area contributed by atoms with Crippen LogP contribution in [0.15, 0.2) is 18.3 Å². The average molecular weight is 239 g/mol. The van der Waals surface area contributed by atoms with Crippen molar-refractivity contribution in [2.24, 2.45) is 0 Å². The minimum Gasteiger partial charge on any atom is -0.389 e. The van der Waals surface area contributed by atoms with Gasteiger partial charge in [-0.05, 0) is 18.7 Å². The summed E-state index contributed by atoms with van der Waals surface area (Å²) in [5, 5.41) is 12.6. The Labute approximate surface area is 102 Å². The molecular weight excluding hydrogens is 218 g/mol. The van der Waals surface area contributed by atoms with Crippen LogP contribution in [0.4, 0.5) is 5.82 Å². The Morgan fingerprint density at radius 1 is 1.53 bits per heavy atom. The van der Waals surface area contributed by atoms with Gasteiger partial charge in [0.15, 0.2) is 0 Å². The summed E-state index contributed by atoms with van der Waals surface area (Å²) in [5.41, 5.74) is 1.12. The molecule has 1 unspecified atom stereocenters. The number of anilines is 1. The molecule has 0 aliphatic carbocycles. The lowest BCUT2D eigenvalue weighted by atomic mass is 10.2. The zero-order valence-electron chi connectivity index (χ0n) is 10.7. The van der Waals surface area contributed by atoms with Crippen molar-refractivity contribution in [2.45, 2.75) is 12.6 Å². The molecule has 0 radical (unpaired) electrons. The van der Waals surface area contributed by atoms with Gasteiger partial charge in [-0.2, -0.15) is 0 Å². The number of pyridine rings is 1. The van der Waals surface area contributed by atoms with E-state index in [4.69, 9.17) is 4.74 Å². The van der Waals surface area contributed by atoms with E-state index >= 15 is 0 Å². The molecule has 5 nitrogen and oxygen atoms in total. The number of ether oxygens (including phenoxy) is 1. The van der Waals surface area contributed by atoms with E-state index < -0.39 is 6.10 Å². The van der Waals surface area contributed by atoms with Gasteiger partial charge in [0, 0.05) is 33.4 Å². The molecule has 0 amide bonds. The van der Waals surface area contributed by atoms with Crippen molar-refractivity contribution in [1.29, 1.82) is 0 Å². The van der Waals surface area contributed by atoms with E-state index in [0.29, 0.717) is 13.2 Å². The van der Waals surface area contributed by atoms with Gasteiger partial charge in [0.2, 0.25) is 0 Å². The summed E-state index contributed by atoms with van der Waals surface area (Å²) in [5.74, 6) is 0.857. The predicted octanol–water partition coefficient (Wildman–Crippen LogP) is 0.562. The SMILES string of the molecule is CNc1ccc(CN(C)CC(O)COC)cn1. The summed E-state index contributed by atoms with van der Waals surface area (Å²) in [6.45, 7) is 1.71. The van der Waals surface area contributed by atoms with Crippen LogP contribution >= 0.6 is 0 Å². The van der Waals surface area contributed by atoms with Crippen LogP contribution in [0, 0.1) is 0 Å². The molecule has 1 rings (SSSR count). The largest absolute Gasteiger partial charge is 0.389 e. The first-order chi connectivity index (χ1) is 8.15. The number of aliphatic hydroxyl groups is 1. The number of methoxy groups -OCH3 is 1. The first-order valence-corrected chi connectivity index (χ1v) is 5.64. The molecule has 0 aromatic carbocycles. The third kappa shape index (κ3) is 5.12. The van der Waals surface area contributed by atoms with E-state index in [0.717, 1.165) is 17.9 Å². The molecular formula is C12H21N3O2. The molecule has 1 heterocycles. The first kappa shape index (κ1) is 13.9. The van der Waals surface area contributed by atoms with E-state index in [2.05, 4.69) is 10.3 Å². The Morgan fingerprint density at radius 2 is 2.29 bits per heavy atom. The van der Waals surface area contributed by atoms with Crippen LogP contribution in [0.5, 0.6) is 0 Å². The van der Waals surface area contributed by atoms with Crippen LogP contribution in [-0.4, -0.2) is 55.5 Å². The fourth-order valence-corrected chi connectivity index (χ4v) is 1.65. The number of hydrogen-bond acceptors (Lipinski definition) is 5. The van der Waals surface area contributed by atoms with E-state index in [1.807, 2.05) is 37.3 Å². The van der Waals surface area contributed by atoms with Crippen LogP contribution < -0.4 is 5.32 Å². The van der Waals surface area contributed by atoms with Gasteiger partial charge in [-0.25, -0.2) is 4.98 Å². The second-order valence-corrected chi connectivity index (χ2v) is 4.11. The molecule has 0 saturated carbocycles. The number of nitrogens with one attached hydrogen (secondary N) is 1. The quantitative estimate of drug-likeness (QED) is 0.728. The fourth-order valence-electron chi connectivity index (χ4n) is 1.65. The highest BCUT2D eigenvalue weighted by Gasteiger charge is 2.08. The van der Waals surface area contributed by atoms with Crippen LogP contribution in [0.1, 0.15) is 5.56 Å². The standard InChI is InChI=1S/C12H21N3O2/c1-13-12-5-4-10(6-14-12)7-15(2)8-11(16)9-17-3/h4-6,11,16H,7-9H2,1-3H3,(H,13,14). The lowest BCUT2D eigenvalue weighted by Gasteiger charge is -2.20. The minimum absolute atomic E-state index is 0.362. The maximum absolute atomic E-state index is 9.59. The molecule has 0 fully saturated rings. The van der Waals surface area contributed by atoms with E-state index in [-0.39, 0.29) is 0 Å². The summed E-state index contributed by atoms with van der Waals surface area (Å²) >= 11 is 0. The molecule has 17 heavy (non-hydrogen) atoms. The third-order valence-electron chi connectivity index (χ3n) is 2.41. The van der Waals surface area contributed by atoms with Gasteiger partial charge in [0.05, 0.1) is 12.7 Å². The van der Waals surface area contributed by atoms with Gasteiger partial charge in [0.1, 0.15) is 5.82 Å². The number of likely N-dealkylation sites (N-methyl/N-ethyl adjacent to an activating group) is 1. The lowest BCUT2D eigenvalue weighted by Crippen LogP contribution is -2.31. The molecule has 96 valence electrons. The molecule has 5 heteroatoms. The van der Waals surface area contributed by atoms with Crippen LogP contribution in [0.3, 0.4) is 0 Å². The van der Waals surface area contributed by atoms with Crippen molar-refractivity contribution in [1.82, 2.24) is 9.88 Å². The molecule has 0 bridgehead atoms. The number of hydrogen-bond donors (Lipinski definition) is 2. The van der Waals surface area contributed by atoms with E-state index in [1.54, 1.807) is 7.11 Å². The van der Waals surface area contributed by atoms with E-state index in [1.165, 1.54) is 0 Å². The van der Waals surface area contributed by atoms with E-state index in [9.17, 15) is 5.11 Å². The summed E-state index contributed by atoms with van der Waals surface area (Å²) < 4.78 is 4.89. The van der Waals surface area contributed by atoms with Crippen LogP contribution in [-0.2, 0) is 11.3 Å². The fraction of sp³-hybridized carbons (Fsp3) is 0.583. The molecule has 0 aliphatic rings. The molecule has 2 N–H and O–H groups in total. The smallest absolute Gasteiger partial charge is 0.125 e. The summed E-state index contributed by atoms with van der Waals surface area (Å²) in [4.78, 5) is 6.28. The summed E-state index contributed by atoms with van der Waals surface area (Å²) in [6, 6.07) is 3.97. The highest BCUT2D eigenvalue weighted by molar-refractivity contribution is 5.34. The predicted molar refractivity (Wildman–Crippen MR) is 68.0 cm³/mol. The van der Waals surface area contributed by atoms with Crippen molar-refractivity contribution in [2.75, 3.05) is 39.7 Å². The van der Waals surface area contributed by atoms with Gasteiger partial charge in [-0.15, -0.1) is 0 Å². The number of aliphatic hydroxyl groups excluding tert-OH is 1. The van der Waals surface area contributed by atoms with Gasteiger partial charge < -0.3 is 15.2 Å². The van der Waals surface area contributed by atoms with Crippen molar-refractivity contribution in [3.05, 3.63) is 23.9 Å². The van der Waals surface area contributed by atoms with Crippen molar-refractivity contribution in [3.8, 4) is 0 Å². The van der Waals surface area contributed by atoms with Crippen molar-refractivity contribution in [3.63, 3.8) is 0 Å². The average Bonchev–Trinajstić information content (AvgIpc) is 2.30. The molecule has 0 spiro atoms. The maximum atomic E-state index is 9.59. The number of rotatable bonds is 7. The highest BCUT2D eigenvalue weighted by Crippen LogP contribution is 2.06. The summed E-state index contributed by atoms with van der Waals surface area (Å²) in [7, 11) is 5.39. The highest BCUT2D eigenvalue weighted by atomic mass is 16.5. The first-order valence-electron chi connectivity index (χ1n) is 5.64. The topological polar surface area (TPSA) is 57.6 Å². The molecule has 0 aliphatic heterocycles. The molecule has 1 aromatic heterocycles. The Morgan fingerprint density at radius 3 is 2.82 bits per heavy atom. The second-order valence-electron chi connectivity index (χ2n) is 4.11. The Kier molecular flexibility index (Phi) is 5.90. The normalized spacial score (nSPS) is 12.8. The van der Waals surface area contributed by atoms with Gasteiger partial charge in [-0.3, -0.25) is 4.90 Å². The molecule has 0 saturated heterocycles. The van der Waals surface area contributed by atoms with Gasteiger partial charge >= 0.3 is 0 Å². The van der Waals surface area contributed by atoms with Crippen molar-refractivity contribution >= 4 is 5.82 Å². The third-order valence-corrected chi connectivity index (χ3v) is 2.41. The molecule has 1 atom stereocenters. The number of aromatic nitrogens is 1. The zero-order chi connectivity index (χ0) is 12.7. The monoisotopic (exact) mass is 239 g/mol. The zero-order valence-corrected chi connectivity index (χ0v) is 10.7. The van der Waals surface area contributed by atoms with Crippen LogP contribution in [0.2, 0.25) is 0 Å². The number of nitrogens with zero attached hydrogens (tertiary/aromatic N) is 2. The maximum Gasteiger partial charge on any atom is 0.125 e. The Balaban J connectivity index is 2.41. The minimum atomic E-state index is -0.449. The summed E-state index contributed by atoms with van der Waals surface area (Å²) in [6.07, 6.45) is 1.39. The Bertz CT molecular complexity index is 316.